The van der Waals surface area contributed by atoms with Gasteiger partial charge in [0.1, 0.15) is 29.0 Å². The van der Waals surface area contributed by atoms with Crippen molar-refractivity contribution in [3.63, 3.8) is 0 Å². The standard InChI is InChI=1S/C32H44FN3O4.C2H6/c1-21-16-26-27(17-23(33)18-28(26)39-20-21)29(31(37)40-32(2,3)4)36-14-12-25(19-36)38-15-6-5-9-24-11-10-22-8-7-13-34-30(22)35-24;1-2/h10-11,17-18,21,25,29H,5-9,12-16,19-20H2,1-4H3,(H,34,35);1-2H3. The summed E-state index contributed by atoms with van der Waals surface area (Å²) < 4.78 is 32.7. The molecule has 1 aromatic heterocycles. The van der Waals surface area contributed by atoms with Crippen LogP contribution in [0.1, 0.15) is 95.7 Å². The number of hydrogen-bond donors (Lipinski definition) is 1. The SMILES string of the molecule is CC.CC1COc2cc(F)cc(C(C(=O)OC(C)(C)C)N3CCC(OCCCCc4ccc5c(n4)NCCC5)C3)c2C1. The highest BCUT2D eigenvalue weighted by molar-refractivity contribution is 5.79. The lowest BCUT2D eigenvalue weighted by molar-refractivity contribution is -0.161. The van der Waals surface area contributed by atoms with Crippen molar-refractivity contribution in [3.05, 3.63) is 52.5 Å². The summed E-state index contributed by atoms with van der Waals surface area (Å²) in [5.74, 6) is 1.13. The molecule has 5 rings (SSSR count). The zero-order valence-electron chi connectivity index (χ0n) is 26.4. The van der Waals surface area contributed by atoms with Crippen molar-refractivity contribution in [2.24, 2.45) is 5.92 Å². The van der Waals surface area contributed by atoms with E-state index < -0.39 is 17.5 Å². The fraction of sp³-hybridized carbons (Fsp3) is 0.647. The fourth-order valence-electron chi connectivity index (χ4n) is 5.98. The second-order valence-electron chi connectivity index (χ2n) is 12.6. The zero-order valence-corrected chi connectivity index (χ0v) is 26.4. The van der Waals surface area contributed by atoms with E-state index in [1.807, 2.05) is 34.6 Å². The predicted molar refractivity (Wildman–Crippen MR) is 165 cm³/mol. The van der Waals surface area contributed by atoms with Gasteiger partial charge in [-0.15, -0.1) is 0 Å². The first-order valence-corrected chi connectivity index (χ1v) is 15.9. The summed E-state index contributed by atoms with van der Waals surface area (Å²) in [5, 5.41) is 3.41. The first-order chi connectivity index (χ1) is 20.2. The fourth-order valence-corrected chi connectivity index (χ4v) is 5.98. The number of aryl methyl sites for hydroxylation is 2. The molecule has 8 heteroatoms. The summed E-state index contributed by atoms with van der Waals surface area (Å²) in [6.07, 6.45) is 6.75. The van der Waals surface area contributed by atoms with Crippen molar-refractivity contribution >= 4 is 11.8 Å². The number of anilines is 1. The van der Waals surface area contributed by atoms with Crippen molar-refractivity contribution < 1.29 is 23.4 Å². The third-order valence-electron chi connectivity index (χ3n) is 7.88. The molecule has 4 heterocycles. The van der Waals surface area contributed by atoms with Crippen LogP contribution >= 0.6 is 0 Å². The van der Waals surface area contributed by atoms with E-state index in [2.05, 4.69) is 29.3 Å². The molecule has 3 aliphatic heterocycles. The minimum absolute atomic E-state index is 0.0237. The number of rotatable bonds is 9. The number of benzene rings is 1. The number of likely N-dealkylation sites (tertiary alicyclic amines) is 1. The molecule has 1 aromatic carbocycles. The molecule has 0 spiro atoms. The van der Waals surface area contributed by atoms with Gasteiger partial charge in [0.15, 0.2) is 0 Å². The molecule has 0 radical (unpaired) electrons. The summed E-state index contributed by atoms with van der Waals surface area (Å²) in [5.41, 5.74) is 3.35. The number of ether oxygens (including phenoxy) is 3. The molecule has 1 fully saturated rings. The highest BCUT2D eigenvalue weighted by atomic mass is 19.1. The Bertz CT molecular complexity index is 1200. The van der Waals surface area contributed by atoms with E-state index in [9.17, 15) is 9.18 Å². The number of aromatic nitrogens is 1. The summed E-state index contributed by atoms with van der Waals surface area (Å²) >= 11 is 0. The number of carbonyl (C=O) groups is 1. The Balaban J connectivity index is 0.00000198. The van der Waals surface area contributed by atoms with Crippen LogP contribution in [0.25, 0.3) is 0 Å². The third kappa shape index (κ3) is 8.44. The normalized spacial score (nSPS) is 20.7. The number of esters is 1. The molecule has 1 saturated heterocycles. The predicted octanol–water partition coefficient (Wildman–Crippen LogP) is 6.67. The Morgan fingerprint density at radius 3 is 2.83 bits per heavy atom. The molecular formula is C34H50FN3O4. The number of pyridine rings is 1. The van der Waals surface area contributed by atoms with Gasteiger partial charge in [-0.25, -0.2) is 14.2 Å². The van der Waals surface area contributed by atoms with Crippen LogP contribution in [-0.2, 0) is 33.5 Å². The number of halogens is 1. The summed E-state index contributed by atoms with van der Waals surface area (Å²) in [7, 11) is 0. The number of unbranched alkanes of at least 4 members (excludes halogenated alkanes) is 1. The van der Waals surface area contributed by atoms with E-state index in [4.69, 9.17) is 19.2 Å². The zero-order chi connectivity index (χ0) is 30.3. The number of hydrogen-bond acceptors (Lipinski definition) is 7. The molecule has 0 bridgehead atoms. The lowest BCUT2D eigenvalue weighted by Crippen LogP contribution is -2.39. The Kier molecular flexibility index (Phi) is 11.2. The van der Waals surface area contributed by atoms with Crippen molar-refractivity contribution in [3.8, 4) is 5.75 Å². The first-order valence-electron chi connectivity index (χ1n) is 15.9. The van der Waals surface area contributed by atoms with E-state index in [-0.39, 0.29) is 12.1 Å². The lowest BCUT2D eigenvalue weighted by atomic mass is 9.90. The topological polar surface area (TPSA) is 72.9 Å². The maximum Gasteiger partial charge on any atom is 0.328 e. The van der Waals surface area contributed by atoms with Crippen molar-refractivity contribution in [2.45, 2.75) is 104 Å². The van der Waals surface area contributed by atoms with E-state index >= 15 is 0 Å². The van der Waals surface area contributed by atoms with Crippen molar-refractivity contribution in [2.75, 3.05) is 38.2 Å². The molecule has 1 N–H and O–H groups in total. The molecule has 2 aromatic rings. The third-order valence-corrected chi connectivity index (χ3v) is 7.88. The maximum atomic E-state index is 14.7. The van der Waals surface area contributed by atoms with Crippen LogP contribution in [0.4, 0.5) is 10.2 Å². The van der Waals surface area contributed by atoms with Crippen molar-refractivity contribution in [1.82, 2.24) is 9.88 Å². The molecule has 232 valence electrons. The second kappa shape index (κ2) is 14.6. The van der Waals surface area contributed by atoms with Gasteiger partial charge in [-0.1, -0.05) is 26.8 Å². The first kappa shape index (κ1) is 32.2. The number of carbonyl (C=O) groups excluding carboxylic acids is 1. The number of nitrogens with zero attached hydrogens (tertiary/aromatic N) is 2. The van der Waals surface area contributed by atoms with Gasteiger partial charge in [0, 0.05) is 43.6 Å². The van der Waals surface area contributed by atoms with Crippen LogP contribution in [0, 0.1) is 11.7 Å². The largest absolute Gasteiger partial charge is 0.493 e. The van der Waals surface area contributed by atoms with Crippen LogP contribution < -0.4 is 10.1 Å². The molecule has 0 aliphatic carbocycles. The molecule has 0 saturated carbocycles. The lowest BCUT2D eigenvalue weighted by Gasteiger charge is -2.33. The van der Waals surface area contributed by atoms with Gasteiger partial charge in [-0.3, -0.25) is 4.90 Å². The van der Waals surface area contributed by atoms with E-state index in [0.717, 1.165) is 62.1 Å². The Labute approximate surface area is 251 Å². The summed E-state index contributed by atoms with van der Waals surface area (Å²) in [6, 6.07) is 6.58. The average molecular weight is 584 g/mol. The minimum atomic E-state index is -0.699. The quantitative estimate of drug-likeness (QED) is 0.261. The minimum Gasteiger partial charge on any atom is -0.493 e. The molecular weight excluding hydrogens is 533 g/mol. The smallest absolute Gasteiger partial charge is 0.328 e. The van der Waals surface area contributed by atoms with E-state index in [1.165, 1.54) is 24.1 Å². The molecule has 3 unspecified atom stereocenters. The van der Waals surface area contributed by atoms with Crippen LogP contribution in [0.5, 0.6) is 5.75 Å². The number of nitrogens with one attached hydrogen (secondary N) is 1. The van der Waals surface area contributed by atoms with Crippen LogP contribution in [-0.4, -0.2) is 60.4 Å². The van der Waals surface area contributed by atoms with E-state index in [1.54, 1.807) is 0 Å². The second-order valence-corrected chi connectivity index (χ2v) is 12.6. The Morgan fingerprint density at radius 1 is 1.24 bits per heavy atom. The molecule has 3 atom stereocenters. The highest BCUT2D eigenvalue weighted by Gasteiger charge is 2.39. The van der Waals surface area contributed by atoms with Gasteiger partial charge in [-0.05, 0) is 94.9 Å². The van der Waals surface area contributed by atoms with Gasteiger partial charge in [0.25, 0.3) is 0 Å². The maximum absolute atomic E-state index is 14.7. The summed E-state index contributed by atoms with van der Waals surface area (Å²) in [4.78, 5) is 20.5. The molecule has 3 aliphatic rings. The van der Waals surface area contributed by atoms with Gasteiger partial charge in [0.05, 0.1) is 12.7 Å². The van der Waals surface area contributed by atoms with Gasteiger partial charge >= 0.3 is 5.97 Å². The molecule has 7 nitrogen and oxygen atoms in total. The number of fused-ring (bicyclic) bond motifs is 2. The van der Waals surface area contributed by atoms with Gasteiger partial charge in [0.2, 0.25) is 0 Å². The molecule has 0 amide bonds. The van der Waals surface area contributed by atoms with Crippen LogP contribution in [0.15, 0.2) is 24.3 Å². The highest BCUT2D eigenvalue weighted by Crippen LogP contribution is 2.38. The van der Waals surface area contributed by atoms with Crippen LogP contribution in [0.2, 0.25) is 0 Å². The Hall–Kier alpha value is -2.71. The van der Waals surface area contributed by atoms with Gasteiger partial charge in [-0.2, -0.15) is 0 Å². The van der Waals surface area contributed by atoms with Crippen molar-refractivity contribution in [1.29, 1.82) is 0 Å². The monoisotopic (exact) mass is 583 g/mol. The average Bonchev–Trinajstić information content (AvgIpc) is 3.41. The molecule has 42 heavy (non-hydrogen) atoms. The Morgan fingerprint density at radius 2 is 2.05 bits per heavy atom. The van der Waals surface area contributed by atoms with Gasteiger partial charge < -0.3 is 19.5 Å². The van der Waals surface area contributed by atoms with E-state index in [0.29, 0.717) is 43.5 Å². The summed E-state index contributed by atoms with van der Waals surface area (Å²) in [6.45, 7) is 15.2. The van der Waals surface area contributed by atoms with Crippen LogP contribution in [0.3, 0.4) is 0 Å².